The van der Waals surface area contributed by atoms with E-state index in [0.717, 1.165) is 10.8 Å². The van der Waals surface area contributed by atoms with E-state index in [1.54, 1.807) is 9.80 Å². The molecule has 1 amide bonds. The first-order valence-corrected chi connectivity index (χ1v) is 11.0. The molecule has 0 aromatic carbocycles. The number of hydrogen-bond acceptors (Lipinski definition) is 8. The number of anilines is 1. The maximum absolute atomic E-state index is 13.3. The van der Waals surface area contributed by atoms with E-state index in [1.807, 2.05) is 5.10 Å². The maximum atomic E-state index is 13.3. The number of H-pyrrole nitrogens is 1. The smallest absolute Gasteiger partial charge is 0.379 e. The van der Waals surface area contributed by atoms with Crippen molar-refractivity contribution < 1.29 is 35.9 Å². The van der Waals surface area contributed by atoms with Gasteiger partial charge in [-0.1, -0.05) is 0 Å². The lowest BCUT2D eigenvalue weighted by molar-refractivity contribution is -0.147. The molecule has 0 saturated carbocycles. The Hall–Kier alpha value is -3.76. The van der Waals surface area contributed by atoms with E-state index in [1.165, 1.54) is 0 Å². The topological polar surface area (TPSA) is 122 Å². The van der Waals surface area contributed by atoms with Gasteiger partial charge < -0.3 is 19.1 Å². The van der Waals surface area contributed by atoms with Gasteiger partial charge in [0.25, 0.3) is 5.56 Å². The number of alkyl halides is 6. The molecule has 0 radical (unpaired) electrons. The van der Waals surface area contributed by atoms with E-state index >= 15 is 0 Å². The summed E-state index contributed by atoms with van der Waals surface area (Å²) in [6.07, 6.45) is -6.87. The van der Waals surface area contributed by atoms with Gasteiger partial charge in [0.05, 0.1) is 36.9 Å². The Kier molecular flexibility index (Phi) is 7.33. The van der Waals surface area contributed by atoms with Crippen LogP contribution in [-0.4, -0.2) is 79.9 Å². The number of carbonyl (C=O) groups excluding carboxylic acids is 1. The van der Waals surface area contributed by atoms with Crippen LogP contribution < -0.4 is 10.5 Å². The molecule has 4 rings (SSSR count). The number of nitrogens with zero attached hydrogens (tertiary/aromatic N) is 7. The standard InChI is InChI=1S/C20H20F6N8O3/c21-19(22,23)12-9-27-18(28-10-12)33-4-2-32(3-5-33)14(35)1-7-37-8-6-34-13-11-29-31-16(36)15(13)30-17(34)20(24,25)26/h9-11H,1-8H2,(H,31,36). The summed E-state index contributed by atoms with van der Waals surface area (Å²) >= 11 is 0. The predicted octanol–water partition coefficient (Wildman–Crippen LogP) is 1.70. The number of halogens is 6. The van der Waals surface area contributed by atoms with Crippen LogP contribution in [0.15, 0.2) is 23.4 Å². The lowest BCUT2D eigenvalue weighted by Gasteiger charge is -2.34. The van der Waals surface area contributed by atoms with Crippen LogP contribution in [0.25, 0.3) is 11.0 Å². The third kappa shape index (κ3) is 5.98. The minimum absolute atomic E-state index is 0.0190. The number of hydrogen-bond donors (Lipinski definition) is 1. The van der Waals surface area contributed by atoms with Gasteiger partial charge in [0.2, 0.25) is 17.7 Å². The van der Waals surface area contributed by atoms with Gasteiger partial charge in [-0.25, -0.2) is 20.1 Å². The van der Waals surface area contributed by atoms with E-state index in [4.69, 9.17) is 4.74 Å². The predicted molar refractivity (Wildman–Crippen MR) is 114 cm³/mol. The van der Waals surface area contributed by atoms with Crippen LogP contribution in [0.5, 0.6) is 0 Å². The van der Waals surface area contributed by atoms with Gasteiger partial charge >= 0.3 is 12.4 Å². The van der Waals surface area contributed by atoms with Crippen molar-refractivity contribution >= 4 is 22.9 Å². The summed E-state index contributed by atoms with van der Waals surface area (Å²) in [5.41, 5.74) is -2.28. The quantitative estimate of drug-likeness (QED) is 0.359. The normalized spacial score (nSPS) is 15.0. The van der Waals surface area contributed by atoms with Crippen molar-refractivity contribution in [1.29, 1.82) is 0 Å². The van der Waals surface area contributed by atoms with Gasteiger partial charge in [0.15, 0.2) is 5.52 Å². The first kappa shape index (κ1) is 26.3. The highest BCUT2D eigenvalue weighted by Gasteiger charge is 2.38. The molecule has 0 bridgehead atoms. The summed E-state index contributed by atoms with van der Waals surface area (Å²) in [6, 6.07) is 0. The first-order chi connectivity index (χ1) is 17.4. The van der Waals surface area contributed by atoms with Crippen LogP contribution in [0.1, 0.15) is 17.8 Å². The van der Waals surface area contributed by atoms with Crippen LogP contribution in [0.3, 0.4) is 0 Å². The molecule has 0 atom stereocenters. The second-order valence-electron chi connectivity index (χ2n) is 8.02. The number of fused-ring (bicyclic) bond motifs is 1. The zero-order chi connectivity index (χ0) is 26.8. The molecule has 0 unspecified atom stereocenters. The van der Waals surface area contributed by atoms with Crippen molar-refractivity contribution in [1.82, 2.24) is 34.6 Å². The molecule has 0 aliphatic carbocycles. The summed E-state index contributed by atoms with van der Waals surface area (Å²) in [5.74, 6) is -1.37. The Morgan fingerprint density at radius 3 is 2.27 bits per heavy atom. The number of imidazole rings is 1. The highest BCUT2D eigenvalue weighted by Crippen LogP contribution is 2.30. The molecule has 3 aromatic rings. The third-order valence-electron chi connectivity index (χ3n) is 5.63. The van der Waals surface area contributed by atoms with Gasteiger partial charge in [-0.15, -0.1) is 0 Å². The SMILES string of the molecule is O=C(CCOCCn1c(C(F)(F)F)nc2c(=O)[nH]ncc21)N1CCN(c2ncc(C(F)(F)F)cn2)CC1. The van der Waals surface area contributed by atoms with Crippen LogP contribution >= 0.6 is 0 Å². The number of carbonyl (C=O) groups is 1. The van der Waals surface area contributed by atoms with E-state index in [9.17, 15) is 35.9 Å². The highest BCUT2D eigenvalue weighted by atomic mass is 19.4. The lowest BCUT2D eigenvalue weighted by atomic mass is 10.3. The zero-order valence-electron chi connectivity index (χ0n) is 19.0. The molecule has 3 aromatic heterocycles. The van der Waals surface area contributed by atoms with Gasteiger partial charge in [0.1, 0.15) is 0 Å². The number of rotatable bonds is 7. The fraction of sp³-hybridized carbons (Fsp3) is 0.500. The summed E-state index contributed by atoms with van der Waals surface area (Å²) in [6.45, 7) is 0.734. The Labute approximate surface area is 204 Å². The minimum atomic E-state index is -4.80. The van der Waals surface area contributed by atoms with E-state index < -0.39 is 34.8 Å². The Bertz CT molecular complexity index is 1300. The van der Waals surface area contributed by atoms with Crippen LogP contribution in [0.2, 0.25) is 0 Å². The number of ether oxygens (including phenoxy) is 1. The number of amides is 1. The molecular formula is C20H20F6N8O3. The molecule has 11 nitrogen and oxygen atoms in total. The number of piperazine rings is 1. The van der Waals surface area contributed by atoms with Crippen LogP contribution in [0, 0.1) is 0 Å². The van der Waals surface area contributed by atoms with Gasteiger partial charge in [0, 0.05) is 45.1 Å². The lowest BCUT2D eigenvalue weighted by Crippen LogP contribution is -2.49. The van der Waals surface area contributed by atoms with Crippen molar-refractivity contribution in [3.05, 3.63) is 40.3 Å². The Morgan fingerprint density at radius 2 is 1.65 bits per heavy atom. The number of aromatic amines is 1. The zero-order valence-corrected chi connectivity index (χ0v) is 19.0. The molecule has 1 aliphatic rings. The molecule has 1 saturated heterocycles. The number of nitrogens with one attached hydrogen (secondary N) is 1. The van der Waals surface area contributed by atoms with E-state index in [2.05, 4.69) is 20.1 Å². The van der Waals surface area contributed by atoms with Crippen LogP contribution in [0.4, 0.5) is 32.3 Å². The fourth-order valence-electron chi connectivity index (χ4n) is 3.77. The van der Waals surface area contributed by atoms with Crippen molar-refractivity contribution in [2.75, 3.05) is 44.3 Å². The largest absolute Gasteiger partial charge is 0.449 e. The highest BCUT2D eigenvalue weighted by molar-refractivity contribution is 5.76. The van der Waals surface area contributed by atoms with Gasteiger partial charge in [-0.05, 0) is 0 Å². The third-order valence-corrected chi connectivity index (χ3v) is 5.63. The average Bonchev–Trinajstić information content (AvgIpc) is 3.24. The fourth-order valence-corrected chi connectivity index (χ4v) is 3.77. The van der Waals surface area contributed by atoms with Crippen molar-refractivity contribution in [2.24, 2.45) is 0 Å². The van der Waals surface area contributed by atoms with Crippen LogP contribution in [-0.2, 0) is 28.4 Å². The molecule has 37 heavy (non-hydrogen) atoms. The van der Waals surface area contributed by atoms with Crippen molar-refractivity contribution in [2.45, 2.75) is 25.3 Å². The monoisotopic (exact) mass is 534 g/mol. The second kappa shape index (κ2) is 10.3. The van der Waals surface area contributed by atoms with Crippen molar-refractivity contribution in [3.63, 3.8) is 0 Å². The summed E-state index contributed by atoms with van der Waals surface area (Å²) in [5, 5.41) is 5.55. The molecule has 1 fully saturated rings. The molecule has 200 valence electrons. The molecule has 1 N–H and O–H groups in total. The Morgan fingerprint density at radius 1 is 0.973 bits per heavy atom. The van der Waals surface area contributed by atoms with Gasteiger partial charge in [-0.2, -0.15) is 31.4 Å². The summed E-state index contributed by atoms with van der Waals surface area (Å²) in [7, 11) is 0. The summed E-state index contributed by atoms with van der Waals surface area (Å²) in [4.78, 5) is 38.3. The van der Waals surface area contributed by atoms with Gasteiger partial charge in [-0.3, -0.25) is 9.59 Å². The van der Waals surface area contributed by atoms with E-state index in [0.29, 0.717) is 38.6 Å². The molecule has 1 aliphatic heterocycles. The Balaban J connectivity index is 1.24. The second-order valence-corrected chi connectivity index (χ2v) is 8.02. The maximum Gasteiger partial charge on any atom is 0.449 e. The molecule has 0 spiro atoms. The van der Waals surface area contributed by atoms with Crippen molar-refractivity contribution in [3.8, 4) is 0 Å². The average molecular weight is 534 g/mol. The van der Waals surface area contributed by atoms with E-state index in [-0.39, 0.29) is 43.6 Å². The molecular weight excluding hydrogens is 514 g/mol. The first-order valence-electron chi connectivity index (χ1n) is 11.0. The summed E-state index contributed by atoms with van der Waals surface area (Å²) < 4.78 is 84.1. The molecule has 4 heterocycles. The number of aromatic nitrogens is 6. The minimum Gasteiger partial charge on any atom is -0.379 e. The molecule has 17 heteroatoms.